The number of hydrogen-bond acceptors (Lipinski definition) is 2. The summed E-state index contributed by atoms with van der Waals surface area (Å²) >= 11 is 4.76. The van der Waals surface area contributed by atoms with Crippen LogP contribution in [-0.4, -0.2) is 35.4 Å². The van der Waals surface area contributed by atoms with Crippen LogP contribution in [0.3, 0.4) is 0 Å². The average molecular weight is 354 g/mol. The predicted molar refractivity (Wildman–Crippen MR) is 72.4 cm³/mol. The Hall–Kier alpha value is -0.690. The van der Waals surface area contributed by atoms with Crippen molar-refractivity contribution in [2.75, 3.05) is 24.6 Å². The molecule has 7 heteroatoms. The Balaban J connectivity index is 2.28. The summed E-state index contributed by atoms with van der Waals surface area (Å²) in [6, 6.07) is 3.32. The lowest BCUT2D eigenvalue weighted by atomic mass is 10.1. The number of halogens is 4. The first kappa shape index (κ1) is 14.7. The zero-order valence-corrected chi connectivity index (χ0v) is 12.2. The van der Waals surface area contributed by atoms with E-state index in [1.54, 1.807) is 16.7 Å². The summed E-state index contributed by atoms with van der Waals surface area (Å²) in [5.41, 5.74) is -0.731. The quantitative estimate of drug-likeness (QED) is 0.767. The zero-order chi connectivity index (χ0) is 14.0. The van der Waals surface area contributed by atoms with Crippen molar-refractivity contribution in [3.63, 3.8) is 0 Å². The molecule has 0 N–H and O–H groups in total. The number of carbonyl (C=O) groups excluding carboxylic acids is 1. The molecule has 0 aromatic heterocycles. The van der Waals surface area contributed by atoms with Crippen molar-refractivity contribution in [1.82, 2.24) is 4.90 Å². The molecule has 0 bridgehead atoms. The van der Waals surface area contributed by atoms with Crippen LogP contribution in [0, 0.1) is 0 Å². The second kappa shape index (κ2) is 5.75. The van der Waals surface area contributed by atoms with Crippen LogP contribution in [0.25, 0.3) is 0 Å². The standard InChI is InChI=1S/C12H11BrF3NOS/c13-10-6-8(5-9(7-10)12(14,15)16)11(18)17-1-3-19-4-2-17/h5-7H,1-4H2. The molecule has 0 aliphatic carbocycles. The molecule has 0 spiro atoms. The summed E-state index contributed by atoms with van der Waals surface area (Å²) in [6.07, 6.45) is -4.45. The number of carbonyl (C=O) groups is 1. The normalized spacial score (nSPS) is 16.5. The molecule has 1 aromatic carbocycles. The maximum Gasteiger partial charge on any atom is 0.416 e. The van der Waals surface area contributed by atoms with Crippen molar-refractivity contribution in [3.05, 3.63) is 33.8 Å². The minimum Gasteiger partial charge on any atom is -0.337 e. The number of nitrogens with zero attached hydrogens (tertiary/aromatic N) is 1. The molecule has 0 saturated carbocycles. The Kier molecular flexibility index (Phi) is 4.45. The molecule has 1 aromatic rings. The lowest BCUT2D eigenvalue weighted by molar-refractivity contribution is -0.137. The highest BCUT2D eigenvalue weighted by Crippen LogP contribution is 2.32. The van der Waals surface area contributed by atoms with Gasteiger partial charge in [0.05, 0.1) is 5.56 Å². The maximum atomic E-state index is 12.7. The third kappa shape index (κ3) is 3.66. The molecule has 1 aliphatic rings. The van der Waals surface area contributed by atoms with Crippen LogP contribution in [0.5, 0.6) is 0 Å². The number of benzene rings is 1. The van der Waals surface area contributed by atoms with Crippen molar-refractivity contribution >= 4 is 33.6 Å². The Morgan fingerprint density at radius 3 is 2.42 bits per heavy atom. The average Bonchev–Trinajstić information content (AvgIpc) is 2.37. The minimum atomic E-state index is -4.45. The number of hydrogen-bond donors (Lipinski definition) is 0. The van der Waals surface area contributed by atoms with E-state index in [-0.39, 0.29) is 15.9 Å². The number of rotatable bonds is 1. The molecule has 0 unspecified atom stereocenters. The Morgan fingerprint density at radius 1 is 1.21 bits per heavy atom. The van der Waals surface area contributed by atoms with E-state index in [1.165, 1.54) is 6.07 Å². The van der Waals surface area contributed by atoms with Gasteiger partial charge in [0.2, 0.25) is 0 Å². The fraction of sp³-hybridized carbons (Fsp3) is 0.417. The summed E-state index contributed by atoms with van der Waals surface area (Å²) in [5.74, 6) is 1.31. The van der Waals surface area contributed by atoms with Crippen LogP contribution >= 0.6 is 27.7 Å². The molecule has 0 atom stereocenters. The second-order valence-corrected chi connectivity index (χ2v) is 6.27. The van der Waals surface area contributed by atoms with E-state index < -0.39 is 11.7 Å². The van der Waals surface area contributed by atoms with Gasteiger partial charge in [-0.1, -0.05) is 15.9 Å². The first-order valence-electron chi connectivity index (χ1n) is 5.63. The van der Waals surface area contributed by atoms with E-state index in [0.29, 0.717) is 13.1 Å². The molecular weight excluding hydrogens is 343 g/mol. The molecule has 2 nitrogen and oxygen atoms in total. The van der Waals surface area contributed by atoms with E-state index in [2.05, 4.69) is 15.9 Å². The first-order valence-corrected chi connectivity index (χ1v) is 7.57. The van der Waals surface area contributed by atoms with Gasteiger partial charge in [-0.15, -0.1) is 0 Å². The summed E-state index contributed by atoms with van der Waals surface area (Å²) in [5, 5.41) is 0. The first-order chi connectivity index (χ1) is 8.88. The zero-order valence-electron chi connectivity index (χ0n) is 9.84. The van der Waals surface area contributed by atoms with Crippen molar-refractivity contribution < 1.29 is 18.0 Å². The molecule has 1 heterocycles. The lowest BCUT2D eigenvalue weighted by Crippen LogP contribution is -2.38. The molecule has 1 saturated heterocycles. The summed E-state index contributed by atoms with van der Waals surface area (Å²) < 4.78 is 38.4. The van der Waals surface area contributed by atoms with E-state index in [1.807, 2.05) is 0 Å². The molecule has 19 heavy (non-hydrogen) atoms. The minimum absolute atomic E-state index is 0.0774. The smallest absolute Gasteiger partial charge is 0.337 e. The molecule has 1 aliphatic heterocycles. The summed E-state index contributed by atoms with van der Waals surface area (Å²) in [6.45, 7) is 1.16. The molecule has 1 amide bonds. The third-order valence-electron chi connectivity index (χ3n) is 2.77. The Morgan fingerprint density at radius 2 is 1.84 bits per heavy atom. The monoisotopic (exact) mass is 353 g/mol. The fourth-order valence-corrected chi connectivity index (χ4v) is 3.22. The largest absolute Gasteiger partial charge is 0.416 e. The number of amides is 1. The van der Waals surface area contributed by atoms with Crippen LogP contribution in [0.15, 0.2) is 22.7 Å². The number of thioether (sulfide) groups is 1. The second-order valence-electron chi connectivity index (χ2n) is 4.13. The lowest BCUT2D eigenvalue weighted by Gasteiger charge is -2.26. The SMILES string of the molecule is O=C(c1cc(Br)cc(C(F)(F)F)c1)N1CCSCC1. The van der Waals surface area contributed by atoms with Crippen LogP contribution in [0.1, 0.15) is 15.9 Å². The van der Waals surface area contributed by atoms with Gasteiger partial charge in [0.15, 0.2) is 0 Å². The van der Waals surface area contributed by atoms with Gasteiger partial charge in [0.25, 0.3) is 5.91 Å². The van der Waals surface area contributed by atoms with Crippen molar-refractivity contribution in [2.45, 2.75) is 6.18 Å². The van der Waals surface area contributed by atoms with Crippen LogP contribution in [0.4, 0.5) is 13.2 Å². The van der Waals surface area contributed by atoms with E-state index in [0.717, 1.165) is 23.6 Å². The highest BCUT2D eigenvalue weighted by Gasteiger charge is 2.32. The fourth-order valence-electron chi connectivity index (χ4n) is 1.83. The van der Waals surface area contributed by atoms with E-state index in [9.17, 15) is 18.0 Å². The molecule has 2 rings (SSSR count). The van der Waals surface area contributed by atoms with Crippen LogP contribution in [-0.2, 0) is 6.18 Å². The van der Waals surface area contributed by atoms with Gasteiger partial charge in [0.1, 0.15) is 0 Å². The van der Waals surface area contributed by atoms with E-state index >= 15 is 0 Å². The summed E-state index contributed by atoms with van der Waals surface area (Å²) in [4.78, 5) is 13.8. The van der Waals surface area contributed by atoms with Crippen molar-refractivity contribution in [2.24, 2.45) is 0 Å². The van der Waals surface area contributed by atoms with Gasteiger partial charge in [-0.25, -0.2) is 0 Å². The topological polar surface area (TPSA) is 20.3 Å². The van der Waals surface area contributed by atoms with Crippen molar-refractivity contribution in [1.29, 1.82) is 0 Å². The Bertz CT molecular complexity index is 486. The van der Waals surface area contributed by atoms with Gasteiger partial charge < -0.3 is 4.90 Å². The third-order valence-corrected chi connectivity index (χ3v) is 4.17. The van der Waals surface area contributed by atoms with Crippen molar-refractivity contribution in [3.8, 4) is 0 Å². The van der Waals surface area contributed by atoms with Gasteiger partial charge in [-0.05, 0) is 18.2 Å². The number of alkyl halides is 3. The van der Waals surface area contributed by atoms with Gasteiger partial charge in [-0.3, -0.25) is 4.79 Å². The Labute approximate surface area is 121 Å². The van der Waals surface area contributed by atoms with Crippen LogP contribution in [0.2, 0.25) is 0 Å². The molecule has 0 radical (unpaired) electrons. The van der Waals surface area contributed by atoms with E-state index in [4.69, 9.17) is 0 Å². The molecular formula is C12H11BrF3NOS. The molecule has 104 valence electrons. The molecule has 1 fully saturated rings. The van der Waals surface area contributed by atoms with Gasteiger partial charge in [0, 0.05) is 34.6 Å². The van der Waals surface area contributed by atoms with Crippen LogP contribution < -0.4 is 0 Å². The highest BCUT2D eigenvalue weighted by molar-refractivity contribution is 9.10. The van der Waals surface area contributed by atoms with Gasteiger partial charge in [-0.2, -0.15) is 24.9 Å². The maximum absolute atomic E-state index is 12.7. The van der Waals surface area contributed by atoms with Gasteiger partial charge >= 0.3 is 6.18 Å². The highest BCUT2D eigenvalue weighted by atomic mass is 79.9. The predicted octanol–water partition coefficient (Wildman–Crippen LogP) is 3.66. The summed E-state index contributed by atoms with van der Waals surface area (Å²) in [7, 11) is 0.